The molecule has 0 radical (unpaired) electrons. The van der Waals surface area contributed by atoms with Gasteiger partial charge in [-0.15, -0.1) is 0 Å². The lowest BCUT2D eigenvalue weighted by Gasteiger charge is -2.18. The van der Waals surface area contributed by atoms with Crippen LogP contribution in [0.5, 0.6) is 0 Å². The predicted octanol–water partition coefficient (Wildman–Crippen LogP) is 1.87. The lowest BCUT2D eigenvalue weighted by molar-refractivity contribution is 0.473. The van der Waals surface area contributed by atoms with Crippen LogP contribution >= 0.6 is 0 Å². The van der Waals surface area contributed by atoms with E-state index in [-0.39, 0.29) is 12.0 Å². The molecule has 102 valence electrons. The van der Waals surface area contributed by atoms with Crippen LogP contribution in [0.4, 0.5) is 14.5 Å². The maximum atomic E-state index is 13.5. The Morgan fingerprint density at radius 1 is 1.17 bits per heavy atom. The fourth-order valence-electron chi connectivity index (χ4n) is 1.20. The SMILES string of the molecule is CC(C)C(C)NS(=O)(=O)c1cc(N)c(F)cc1F. The molecule has 4 nitrogen and oxygen atoms in total. The van der Waals surface area contributed by atoms with E-state index in [1.165, 1.54) is 0 Å². The monoisotopic (exact) mass is 278 g/mol. The standard InChI is InChI=1S/C11H16F2N2O2S/c1-6(2)7(3)15-18(16,17)11-5-10(14)8(12)4-9(11)13/h4-7,15H,14H2,1-3H3. The maximum absolute atomic E-state index is 13.5. The second-order valence-electron chi connectivity index (χ2n) is 4.46. The second-order valence-corrected chi connectivity index (χ2v) is 6.14. The lowest BCUT2D eigenvalue weighted by Crippen LogP contribution is -2.36. The zero-order chi connectivity index (χ0) is 14.1. The van der Waals surface area contributed by atoms with E-state index in [4.69, 9.17) is 5.73 Å². The van der Waals surface area contributed by atoms with Gasteiger partial charge in [0.15, 0.2) is 0 Å². The minimum atomic E-state index is -4.05. The minimum Gasteiger partial charge on any atom is -0.396 e. The van der Waals surface area contributed by atoms with Crippen LogP contribution in [0.25, 0.3) is 0 Å². The van der Waals surface area contributed by atoms with Gasteiger partial charge in [-0.2, -0.15) is 0 Å². The highest BCUT2D eigenvalue weighted by molar-refractivity contribution is 7.89. The van der Waals surface area contributed by atoms with Gasteiger partial charge in [-0.3, -0.25) is 0 Å². The molecule has 0 amide bonds. The largest absolute Gasteiger partial charge is 0.396 e. The van der Waals surface area contributed by atoms with E-state index in [1.54, 1.807) is 6.92 Å². The van der Waals surface area contributed by atoms with Gasteiger partial charge in [0.25, 0.3) is 0 Å². The molecule has 0 aromatic heterocycles. The third-order valence-corrected chi connectivity index (χ3v) is 4.26. The van der Waals surface area contributed by atoms with Crippen molar-refractivity contribution in [3.8, 4) is 0 Å². The zero-order valence-electron chi connectivity index (χ0n) is 10.4. The molecule has 0 saturated heterocycles. The highest BCUT2D eigenvalue weighted by atomic mass is 32.2. The van der Waals surface area contributed by atoms with Crippen LogP contribution in [0.1, 0.15) is 20.8 Å². The van der Waals surface area contributed by atoms with E-state index < -0.39 is 32.2 Å². The van der Waals surface area contributed by atoms with Crippen molar-refractivity contribution in [3.05, 3.63) is 23.8 Å². The van der Waals surface area contributed by atoms with Gasteiger partial charge in [-0.05, 0) is 18.9 Å². The first-order valence-corrected chi connectivity index (χ1v) is 6.90. The Bertz CT molecular complexity index is 544. The first-order chi connectivity index (χ1) is 8.15. The molecule has 1 unspecified atom stereocenters. The first-order valence-electron chi connectivity index (χ1n) is 5.42. The Labute approximate surface area is 105 Å². The topological polar surface area (TPSA) is 72.2 Å². The highest BCUT2D eigenvalue weighted by Crippen LogP contribution is 2.21. The summed E-state index contributed by atoms with van der Waals surface area (Å²) in [4.78, 5) is -0.645. The van der Waals surface area contributed by atoms with E-state index in [9.17, 15) is 17.2 Å². The number of benzene rings is 1. The summed E-state index contributed by atoms with van der Waals surface area (Å²) < 4.78 is 52.5. The molecule has 0 bridgehead atoms. The van der Waals surface area contributed by atoms with Crippen LogP contribution in [-0.4, -0.2) is 14.5 Å². The summed E-state index contributed by atoms with van der Waals surface area (Å²) in [6, 6.07) is 0.866. The van der Waals surface area contributed by atoms with Crippen molar-refractivity contribution >= 4 is 15.7 Å². The van der Waals surface area contributed by atoms with Gasteiger partial charge in [0.2, 0.25) is 10.0 Å². The average Bonchev–Trinajstić information content (AvgIpc) is 2.22. The lowest BCUT2D eigenvalue weighted by atomic mass is 10.1. The zero-order valence-corrected chi connectivity index (χ0v) is 11.2. The Morgan fingerprint density at radius 3 is 2.22 bits per heavy atom. The van der Waals surface area contributed by atoms with Crippen LogP contribution < -0.4 is 10.5 Å². The Kier molecular flexibility index (Phi) is 4.28. The molecule has 0 fully saturated rings. The smallest absolute Gasteiger partial charge is 0.243 e. The van der Waals surface area contributed by atoms with E-state index in [0.717, 1.165) is 6.07 Å². The number of sulfonamides is 1. The fraction of sp³-hybridized carbons (Fsp3) is 0.455. The van der Waals surface area contributed by atoms with Crippen LogP contribution in [0.3, 0.4) is 0 Å². The van der Waals surface area contributed by atoms with E-state index in [0.29, 0.717) is 6.07 Å². The van der Waals surface area contributed by atoms with Crippen molar-refractivity contribution in [2.24, 2.45) is 5.92 Å². The van der Waals surface area contributed by atoms with Gasteiger partial charge >= 0.3 is 0 Å². The van der Waals surface area contributed by atoms with Crippen molar-refractivity contribution in [3.63, 3.8) is 0 Å². The Balaban J connectivity index is 3.17. The third-order valence-electron chi connectivity index (χ3n) is 2.68. The van der Waals surface area contributed by atoms with Crippen LogP contribution in [0.2, 0.25) is 0 Å². The molecule has 1 atom stereocenters. The number of hydrogen-bond acceptors (Lipinski definition) is 3. The van der Waals surface area contributed by atoms with Gasteiger partial charge in [0.05, 0.1) is 5.69 Å². The summed E-state index contributed by atoms with van der Waals surface area (Å²) in [5, 5.41) is 0. The van der Waals surface area contributed by atoms with Crippen LogP contribution in [0, 0.1) is 17.6 Å². The van der Waals surface area contributed by atoms with Crippen LogP contribution in [-0.2, 0) is 10.0 Å². The molecule has 0 saturated carbocycles. The summed E-state index contributed by atoms with van der Waals surface area (Å²) in [6.07, 6.45) is 0. The summed E-state index contributed by atoms with van der Waals surface area (Å²) in [6.45, 7) is 5.30. The van der Waals surface area contributed by atoms with Crippen molar-refractivity contribution in [2.75, 3.05) is 5.73 Å². The van der Waals surface area contributed by atoms with Crippen molar-refractivity contribution < 1.29 is 17.2 Å². The second kappa shape index (κ2) is 5.19. The molecule has 0 heterocycles. The molecule has 1 rings (SSSR count). The molecular formula is C11H16F2N2O2S. The Hall–Kier alpha value is -1.21. The Morgan fingerprint density at radius 2 is 1.72 bits per heavy atom. The molecule has 0 aliphatic heterocycles. The predicted molar refractivity (Wildman–Crippen MR) is 65.4 cm³/mol. The van der Waals surface area contributed by atoms with E-state index in [2.05, 4.69) is 4.72 Å². The molecule has 1 aromatic rings. The van der Waals surface area contributed by atoms with Gasteiger partial charge in [0, 0.05) is 12.1 Å². The number of halogens is 2. The fourth-order valence-corrected chi connectivity index (χ4v) is 2.68. The number of nitrogen functional groups attached to an aromatic ring is 1. The maximum Gasteiger partial charge on any atom is 0.243 e. The minimum absolute atomic E-state index is 0.0423. The van der Waals surface area contributed by atoms with Crippen molar-refractivity contribution in [2.45, 2.75) is 31.7 Å². The number of rotatable bonds is 4. The normalized spacial score (nSPS) is 13.9. The molecule has 7 heteroatoms. The van der Waals surface area contributed by atoms with Crippen molar-refractivity contribution in [1.82, 2.24) is 4.72 Å². The van der Waals surface area contributed by atoms with Gasteiger partial charge in [-0.1, -0.05) is 13.8 Å². The van der Waals surface area contributed by atoms with E-state index in [1.807, 2.05) is 13.8 Å². The number of hydrogen-bond donors (Lipinski definition) is 2. The van der Waals surface area contributed by atoms with Gasteiger partial charge in [0.1, 0.15) is 16.5 Å². The summed E-state index contributed by atoms with van der Waals surface area (Å²) in [5.74, 6) is -2.10. The molecule has 0 aliphatic carbocycles. The average molecular weight is 278 g/mol. The number of anilines is 1. The number of nitrogens with one attached hydrogen (secondary N) is 1. The molecule has 0 spiro atoms. The van der Waals surface area contributed by atoms with Crippen LogP contribution in [0.15, 0.2) is 17.0 Å². The molecule has 3 N–H and O–H groups in total. The van der Waals surface area contributed by atoms with Gasteiger partial charge < -0.3 is 5.73 Å². The molecule has 18 heavy (non-hydrogen) atoms. The summed E-state index contributed by atoms with van der Waals surface area (Å²) in [7, 11) is -4.05. The number of nitrogens with two attached hydrogens (primary N) is 1. The van der Waals surface area contributed by atoms with Gasteiger partial charge in [-0.25, -0.2) is 21.9 Å². The first kappa shape index (κ1) is 14.8. The third kappa shape index (κ3) is 3.17. The molecular weight excluding hydrogens is 262 g/mol. The quantitative estimate of drug-likeness (QED) is 0.826. The highest BCUT2D eigenvalue weighted by Gasteiger charge is 2.24. The molecule has 0 aliphatic rings. The van der Waals surface area contributed by atoms with Crippen molar-refractivity contribution in [1.29, 1.82) is 0 Å². The summed E-state index contributed by atoms with van der Waals surface area (Å²) >= 11 is 0. The van der Waals surface area contributed by atoms with E-state index >= 15 is 0 Å². The molecule has 1 aromatic carbocycles. The summed E-state index contributed by atoms with van der Waals surface area (Å²) in [5.41, 5.74) is 4.83.